The Hall–Kier alpha value is -0.920. The zero-order valence-corrected chi connectivity index (χ0v) is 6.88. The van der Waals surface area contributed by atoms with E-state index in [2.05, 4.69) is 6.58 Å². The fraction of sp³-hybridized carbons (Fsp3) is 0.556. The first-order valence-corrected chi connectivity index (χ1v) is 3.78. The van der Waals surface area contributed by atoms with Crippen LogP contribution in [-0.2, 0) is 9.59 Å². The van der Waals surface area contributed by atoms with Gasteiger partial charge in [0.2, 0.25) is 0 Å². The van der Waals surface area contributed by atoms with Gasteiger partial charge in [0, 0.05) is 12.3 Å². The Labute approximate surface area is 67.3 Å². The Balaban J connectivity index is 3.43. The van der Waals surface area contributed by atoms with Crippen molar-refractivity contribution in [1.29, 1.82) is 0 Å². The second-order valence-corrected chi connectivity index (χ2v) is 2.63. The third-order valence-corrected chi connectivity index (χ3v) is 1.54. The zero-order chi connectivity index (χ0) is 8.69. The number of rotatable bonds is 6. The van der Waals surface area contributed by atoms with Crippen molar-refractivity contribution in [3.05, 3.63) is 12.7 Å². The maximum absolute atomic E-state index is 10.5. The number of aldehydes is 1. The Morgan fingerprint density at radius 2 is 2.27 bits per heavy atom. The van der Waals surface area contributed by atoms with Crippen molar-refractivity contribution in [2.75, 3.05) is 0 Å². The SMILES string of the molecule is C=CC(C=O)CCCC(C)=O. The number of carbonyl (C=O) groups is 2. The van der Waals surface area contributed by atoms with E-state index >= 15 is 0 Å². The van der Waals surface area contributed by atoms with Crippen LogP contribution in [0.4, 0.5) is 0 Å². The van der Waals surface area contributed by atoms with Gasteiger partial charge in [-0.3, -0.25) is 0 Å². The molecule has 0 saturated carbocycles. The lowest BCUT2D eigenvalue weighted by molar-refractivity contribution is -0.117. The molecule has 0 heterocycles. The Morgan fingerprint density at radius 3 is 2.64 bits per heavy atom. The number of Topliss-reactive ketones (excluding diaryl/α,β-unsaturated/α-hetero) is 1. The molecule has 0 aliphatic heterocycles. The molecule has 1 unspecified atom stereocenters. The van der Waals surface area contributed by atoms with Gasteiger partial charge in [-0.2, -0.15) is 0 Å². The van der Waals surface area contributed by atoms with Gasteiger partial charge in [-0.25, -0.2) is 0 Å². The molecule has 0 aliphatic carbocycles. The maximum atomic E-state index is 10.5. The third kappa shape index (κ3) is 5.52. The molecular formula is C9H14O2. The molecule has 0 radical (unpaired) electrons. The molecule has 11 heavy (non-hydrogen) atoms. The first kappa shape index (κ1) is 10.1. The van der Waals surface area contributed by atoms with E-state index in [9.17, 15) is 9.59 Å². The van der Waals surface area contributed by atoms with Gasteiger partial charge in [0.1, 0.15) is 12.1 Å². The lowest BCUT2D eigenvalue weighted by Crippen LogP contribution is -1.98. The van der Waals surface area contributed by atoms with Gasteiger partial charge in [-0.05, 0) is 19.8 Å². The van der Waals surface area contributed by atoms with Gasteiger partial charge in [0.25, 0.3) is 0 Å². The topological polar surface area (TPSA) is 34.1 Å². The van der Waals surface area contributed by atoms with Crippen molar-refractivity contribution >= 4 is 12.1 Å². The van der Waals surface area contributed by atoms with Gasteiger partial charge in [-0.15, -0.1) is 6.58 Å². The van der Waals surface area contributed by atoms with Gasteiger partial charge in [0.05, 0.1) is 0 Å². The first-order valence-electron chi connectivity index (χ1n) is 3.78. The Bertz CT molecular complexity index is 142. The van der Waals surface area contributed by atoms with E-state index in [0.29, 0.717) is 6.42 Å². The van der Waals surface area contributed by atoms with E-state index in [4.69, 9.17) is 0 Å². The maximum Gasteiger partial charge on any atom is 0.129 e. The van der Waals surface area contributed by atoms with Crippen LogP contribution < -0.4 is 0 Å². The van der Waals surface area contributed by atoms with Crippen molar-refractivity contribution in [3.8, 4) is 0 Å². The smallest absolute Gasteiger partial charge is 0.129 e. The molecule has 0 N–H and O–H groups in total. The van der Waals surface area contributed by atoms with Crippen LogP contribution in [0.2, 0.25) is 0 Å². The summed E-state index contributed by atoms with van der Waals surface area (Å²) < 4.78 is 0. The summed E-state index contributed by atoms with van der Waals surface area (Å²) in [6, 6.07) is 0. The number of carbonyl (C=O) groups excluding carboxylic acids is 2. The zero-order valence-electron chi connectivity index (χ0n) is 6.88. The van der Waals surface area contributed by atoms with E-state index in [1.807, 2.05) is 0 Å². The number of hydrogen-bond donors (Lipinski definition) is 0. The number of ketones is 1. The van der Waals surface area contributed by atoms with Crippen molar-refractivity contribution in [1.82, 2.24) is 0 Å². The van der Waals surface area contributed by atoms with Gasteiger partial charge >= 0.3 is 0 Å². The standard InChI is InChI=1S/C9H14O2/c1-3-9(7-10)6-4-5-8(2)11/h3,7,9H,1,4-6H2,2H3. The van der Waals surface area contributed by atoms with Crippen molar-refractivity contribution in [2.24, 2.45) is 5.92 Å². The minimum absolute atomic E-state index is 0.0747. The summed E-state index contributed by atoms with van der Waals surface area (Å²) in [5.74, 6) is 0.105. The summed E-state index contributed by atoms with van der Waals surface area (Å²) in [6.45, 7) is 5.07. The summed E-state index contributed by atoms with van der Waals surface area (Å²) in [5, 5.41) is 0. The predicted octanol–water partition coefficient (Wildman–Crippen LogP) is 1.75. The molecule has 0 aliphatic rings. The molecule has 2 nitrogen and oxygen atoms in total. The molecule has 0 saturated heterocycles. The second kappa shape index (κ2) is 5.83. The van der Waals surface area contributed by atoms with E-state index in [1.54, 1.807) is 13.0 Å². The summed E-state index contributed by atoms with van der Waals surface area (Å²) in [6.07, 6.45) is 4.58. The molecule has 1 atom stereocenters. The van der Waals surface area contributed by atoms with Crippen LogP contribution in [0.15, 0.2) is 12.7 Å². The molecule has 2 heteroatoms. The van der Waals surface area contributed by atoms with Crippen LogP contribution in [0.5, 0.6) is 0 Å². The highest BCUT2D eigenvalue weighted by molar-refractivity contribution is 5.75. The van der Waals surface area contributed by atoms with Gasteiger partial charge < -0.3 is 9.59 Å². The molecular weight excluding hydrogens is 140 g/mol. The lowest BCUT2D eigenvalue weighted by Gasteiger charge is -2.01. The van der Waals surface area contributed by atoms with Crippen LogP contribution in [-0.4, -0.2) is 12.1 Å². The molecule has 0 amide bonds. The predicted molar refractivity (Wildman–Crippen MR) is 44.3 cm³/mol. The minimum Gasteiger partial charge on any atom is -0.303 e. The highest BCUT2D eigenvalue weighted by Gasteiger charge is 2.01. The molecule has 0 bridgehead atoms. The van der Waals surface area contributed by atoms with E-state index in [-0.39, 0.29) is 11.7 Å². The summed E-state index contributed by atoms with van der Waals surface area (Å²) in [4.78, 5) is 20.7. The van der Waals surface area contributed by atoms with Gasteiger partial charge in [-0.1, -0.05) is 6.08 Å². The summed E-state index contributed by atoms with van der Waals surface area (Å²) in [5.41, 5.74) is 0. The molecule has 0 fully saturated rings. The van der Waals surface area contributed by atoms with Crippen molar-refractivity contribution in [3.63, 3.8) is 0 Å². The Kier molecular flexibility index (Phi) is 5.35. The van der Waals surface area contributed by atoms with Crippen LogP contribution in [0.1, 0.15) is 26.2 Å². The molecule has 0 rings (SSSR count). The van der Waals surface area contributed by atoms with Crippen LogP contribution in [0.3, 0.4) is 0 Å². The normalized spacial score (nSPS) is 12.1. The van der Waals surface area contributed by atoms with Crippen LogP contribution in [0.25, 0.3) is 0 Å². The highest BCUT2D eigenvalue weighted by atomic mass is 16.1. The van der Waals surface area contributed by atoms with Crippen LogP contribution >= 0.6 is 0 Å². The van der Waals surface area contributed by atoms with Gasteiger partial charge in [0.15, 0.2) is 0 Å². The Morgan fingerprint density at radius 1 is 1.64 bits per heavy atom. The van der Waals surface area contributed by atoms with E-state index in [1.165, 1.54) is 0 Å². The van der Waals surface area contributed by atoms with E-state index in [0.717, 1.165) is 19.1 Å². The minimum atomic E-state index is -0.0747. The van der Waals surface area contributed by atoms with Crippen molar-refractivity contribution in [2.45, 2.75) is 26.2 Å². The largest absolute Gasteiger partial charge is 0.303 e. The molecule has 0 aromatic rings. The van der Waals surface area contributed by atoms with Crippen molar-refractivity contribution < 1.29 is 9.59 Å². The molecule has 62 valence electrons. The van der Waals surface area contributed by atoms with Crippen LogP contribution in [0, 0.1) is 5.92 Å². The van der Waals surface area contributed by atoms with E-state index < -0.39 is 0 Å². The molecule has 0 aromatic heterocycles. The highest BCUT2D eigenvalue weighted by Crippen LogP contribution is 2.06. The second-order valence-electron chi connectivity index (χ2n) is 2.63. The average molecular weight is 154 g/mol. The summed E-state index contributed by atoms with van der Waals surface area (Å²) in [7, 11) is 0. The number of hydrogen-bond acceptors (Lipinski definition) is 2. The lowest BCUT2D eigenvalue weighted by atomic mass is 10.0. The fourth-order valence-corrected chi connectivity index (χ4v) is 0.828. The molecule has 0 aromatic carbocycles. The quantitative estimate of drug-likeness (QED) is 0.431. The summed E-state index contributed by atoms with van der Waals surface area (Å²) >= 11 is 0. The average Bonchev–Trinajstić information content (AvgIpc) is 1.98. The fourth-order valence-electron chi connectivity index (χ4n) is 0.828. The number of allylic oxidation sites excluding steroid dienone is 1. The third-order valence-electron chi connectivity index (χ3n) is 1.54. The monoisotopic (exact) mass is 154 g/mol. The molecule has 0 spiro atoms. The first-order chi connectivity index (χ1) is 5.20.